The van der Waals surface area contributed by atoms with Gasteiger partial charge in [-0.15, -0.1) is 0 Å². The van der Waals surface area contributed by atoms with Gasteiger partial charge in [-0.2, -0.15) is 0 Å². The van der Waals surface area contributed by atoms with Crippen molar-refractivity contribution < 1.29 is 29.3 Å². The first-order valence-electron chi connectivity index (χ1n) is 12.8. The number of anilines is 1. The third kappa shape index (κ3) is 5.62. The van der Waals surface area contributed by atoms with E-state index in [9.17, 15) is 19.8 Å². The van der Waals surface area contributed by atoms with Gasteiger partial charge < -0.3 is 35.6 Å². The molecule has 0 aliphatic carbocycles. The number of amides is 2. The fraction of sp³-hybridized carbons (Fsp3) is 0.480. The summed E-state index contributed by atoms with van der Waals surface area (Å²) in [5, 5.41) is 24.2. The summed E-state index contributed by atoms with van der Waals surface area (Å²) in [7, 11) is 0. The summed E-state index contributed by atoms with van der Waals surface area (Å²) in [5.41, 5.74) is 6.83. The van der Waals surface area contributed by atoms with Crippen molar-refractivity contribution >= 4 is 40.6 Å². The predicted molar refractivity (Wildman–Crippen MR) is 140 cm³/mol. The van der Waals surface area contributed by atoms with Crippen LogP contribution in [-0.4, -0.2) is 84.6 Å². The van der Waals surface area contributed by atoms with E-state index in [0.29, 0.717) is 53.8 Å². The SMILES string of the molecule is CCNC(=O)[C@H]1O[C@@H](n2cnc3c(N)nc(CC4CCN(C(=O)Oc5ccc(Cl)cc5)CC4)nc32)C(O)C1O. The van der Waals surface area contributed by atoms with Gasteiger partial charge in [0, 0.05) is 31.1 Å². The highest BCUT2D eigenvalue weighted by Crippen LogP contribution is 2.33. The Morgan fingerprint density at radius 2 is 1.90 bits per heavy atom. The van der Waals surface area contributed by atoms with E-state index in [1.807, 2.05) is 0 Å². The Morgan fingerprint density at radius 1 is 1.18 bits per heavy atom. The standard InChI is InChI=1S/C25H30ClN7O6/c1-2-28-23(36)20-18(34)19(35)24(39-20)33-12-29-17-21(27)30-16(31-22(17)33)11-13-7-9-32(10-8-13)25(37)38-15-5-3-14(26)4-6-15/h3-6,12-13,18-20,24,34-35H,2,7-11H2,1H3,(H,28,36)(H2,27,30,31)/t18?,19?,20-,24+/m0/s1. The lowest BCUT2D eigenvalue weighted by Gasteiger charge is -2.31. The molecule has 0 radical (unpaired) electrons. The van der Waals surface area contributed by atoms with E-state index < -0.39 is 36.5 Å². The van der Waals surface area contributed by atoms with Gasteiger partial charge in [-0.05, 0) is 49.9 Å². The van der Waals surface area contributed by atoms with Crippen LogP contribution in [0.15, 0.2) is 30.6 Å². The number of ether oxygens (including phenoxy) is 2. The molecule has 2 fully saturated rings. The maximum absolute atomic E-state index is 12.5. The number of nitrogen functional groups attached to an aromatic ring is 1. The fourth-order valence-corrected chi connectivity index (χ4v) is 5.02. The van der Waals surface area contributed by atoms with Crippen LogP contribution in [0.5, 0.6) is 5.75 Å². The largest absolute Gasteiger partial charge is 0.415 e. The van der Waals surface area contributed by atoms with Crippen LogP contribution in [0, 0.1) is 5.92 Å². The van der Waals surface area contributed by atoms with Crippen molar-refractivity contribution in [2.24, 2.45) is 5.92 Å². The molecular formula is C25H30ClN7O6. The van der Waals surface area contributed by atoms with E-state index in [1.165, 1.54) is 10.9 Å². The molecule has 0 bridgehead atoms. The second kappa shape index (κ2) is 11.3. The van der Waals surface area contributed by atoms with Gasteiger partial charge in [0.05, 0.1) is 6.33 Å². The van der Waals surface area contributed by atoms with Gasteiger partial charge in [0.25, 0.3) is 5.91 Å². The molecule has 5 N–H and O–H groups in total. The van der Waals surface area contributed by atoms with Crippen molar-refractivity contribution in [3.8, 4) is 5.75 Å². The Labute approximate surface area is 228 Å². The molecule has 14 heteroatoms. The smallest absolute Gasteiger partial charge is 0.410 e. The molecule has 2 aliphatic heterocycles. The number of imidazole rings is 1. The number of likely N-dealkylation sites (N-methyl/N-ethyl adjacent to an activating group) is 1. The number of benzene rings is 1. The summed E-state index contributed by atoms with van der Waals surface area (Å²) in [6, 6.07) is 6.61. The number of fused-ring (bicyclic) bond motifs is 1. The first-order valence-corrected chi connectivity index (χ1v) is 13.1. The quantitative estimate of drug-likeness (QED) is 0.343. The van der Waals surface area contributed by atoms with Gasteiger partial charge >= 0.3 is 6.09 Å². The number of halogens is 1. The zero-order valence-electron chi connectivity index (χ0n) is 21.2. The van der Waals surface area contributed by atoms with E-state index in [0.717, 1.165) is 12.8 Å². The molecule has 2 aromatic heterocycles. The summed E-state index contributed by atoms with van der Waals surface area (Å²) >= 11 is 5.88. The Hall–Kier alpha value is -3.52. The van der Waals surface area contributed by atoms with E-state index in [1.54, 1.807) is 36.1 Å². The average Bonchev–Trinajstić information content (AvgIpc) is 3.47. The summed E-state index contributed by atoms with van der Waals surface area (Å²) < 4.78 is 12.6. The summed E-state index contributed by atoms with van der Waals surface area (Å²) in [6.07, 6.45) is -2.19. The highest BCUT2D eigenvalue weighted by atomic mass is 35.5. The molecule has 208 valence electrons. The Balaban J connectivity index is 1.25. The average molecular weight is 560 g/mol. The summed E-state index contributed by atoms with van der Waals surface area (Å²) in [5.74, 6) is 0.772. The lowest BCUT2D eigenvalue weighted by Crippen LogP contribution is -2.42. The molecule has 3 aromatic rings. The maximum atomic E-state index is 12.5. The third-order valence-electron chi connectivity index (χ3n) is 6.98. The minimum absolute atomic E-state index is 0.172. The van der Waals surface area contributed by atoms with Crippen LogP contribution in [-0.2, 0) is 16.0 Å². The number of nitrogens with two attached hydrogens (primary N) is 1. The first-order chi connectivity index (χ1) is 18.7. The molecule has 2 amide bonds. The van der Waals surface area contributed by atoms with Crippen LogP contribution in [0.4, 0.5) is 10.6 Å². The minimum atomic E-state index is -1.42. The van der Waals surface area contributed by atoms with Crippen molar-refractivity contribution in [1.82, 2.24) is 29.7 Å². The molecular weight excluding hydrogens is 530 g/mol. The van der Waals surface area contributed by atoms with Gasteiger partial charge in [-0.3, -0.25) is 9.36 Å². The number of nitrogens with one attached hydrogen (secondary N) is 1. The van der Waals surface area contributed by atoms with Crippen molar-refractivity contribution in [2.75, 3.05) is 25.4 Å². The lowest BCUT2D eigenvalue weighted by molar-refractivity contribution is -0.137. The Morgan fingerprint density at radius 3 is 2.59 bits per heavy atom. The zero-order valence-corrected chi connectivity index (χ0v) is 22.0. The van der Waals surface area contributed by atoms with E-state index in [4.69, 9.17) is 26.8 Å². The maximum Gasteiger partial charge on any atom is 0.415 e. The number of piperidine rings is 1. The van der Waals surface area contributed by atoms with Crippen LogP contribution >= 0.6 is 11.6 Å². The molecule has 4 atom stereocenters. The lowest BCUT2D eigenvalue weighted by atomic mass is 9.93. The van der Waals surface area contributed by atoms with Crippen molar-refractivity contribution in [2.45, 2.75) is 50.7 Å². The van der Waals surface area contributed by atoms with Crippen LogP contribution in [0.1, 0.15) is 31.8 Å². The predicted octanol–water partition coefficient (Wildman–Crippen LogP) is 1.27. The van der Waals surface area contributed by atoms with Crippen LogP contribution in [0.2, 0.25) is 5.02 Å². The van der Waals surface area contributed by atoms with Crippen LogP contribution in [0.3, 0.4) is 0 Å². The number of rotatable bonds is 6. The Bertz CT molecular complexity index is 1340. The van der Waals surface area contributed by atoms with Gasteiger partial charge in [-0.1, -0.05) is 11.6 Å². The number of aliphatic hydroxyl groups excluding tert-OH is 2. The summed E-state index contributed by atoms with van der Waals surface area (Å²) in [4.78, 5) is 39.8. The van der Waals surface area contributed by atoms with Crippen molar-refractivity contribution in [1.29, 1.82) is 0 Å². The van der Waals surface area contributed by atoms with Crippen LogP contribution < -0.4 is 15.8 Å². The first kappa shape index (κ1) is 27.1. The number of carbonyl (C=O) groups excluding carboxylic acids is 2. The Kier molecular flexibility index (Phi) is 7.84. The van der Waals surface area contributed by atoms with E-state index in [-0.39, 0.29) is 11.7 Å². The van der Waals surface area contributed by atoms with Gasteiger partial charge in [-0.25, -0.2) is 19.7 Å². The minimum Gasteiger partial charge on any atom is -0.410 e. The number of carbonyl (C=O) groups is 2. The molecule has 4 heterocycles. The molecule has 0 saturated carbocycles. The highest BCUT2D eigenvalue weighted by molar-refractivity contribution is 6.30. The van der Waals surface area contributed by atoms with Crippen LogP contribution in [0.25, 0.3) is 11.2 Å². The van der Waals surface area contributed by atoms with Gasteiger partial charge in [0.15, 0.2) is 23.8 Å². The third-order valence-corrected chi connectivity index (χ3v) is 7.23. The van der Waals surface area contributed by atoms with E-state index in [2.05, 4.69) is 20.3 Å². The number of nitrogens with zero attached hydrogens (tertiary/aromatic N) is 5. The molecule has 2 unspecified atom stereocenters. The number of hydrogen-bond donors (Lipinski definition) is 4. The molecule has 2 aliphatic rings. The van der Waals surface area contributed by atoms with Crippen molar-refractivity contribution in [3.63, 3.8) is 0 Å². The number of aromatic nitrogens is 4. The molecule has 5 rings (SSSR count). The molecule has 13 nitrogen and oxygen atoms in total. The van der Waals surface area contributed by atoms with Crippen molar-refractivity contribution in [3.05, 3.63) is 41.4 Å². The molecule has 39 heavy (non-hydrogen) atoms. The second-order valence-electron chi connectivity index (χ2n) is 9.63. The number of hydrogen-bond acceptors (Lipinski definition) is 10. The zero-order chi connectivity index (χ0) is 27.7. The fourth-order valence-electron chi connectivity index (χ4n) is 4.89. The topological polar surface area (TPSA) is 178 Å². The molecule has 1 aromatic carbocycles. The monoisotopic (exact) mass is 559 g/mol. The molecule has 2 saturated heterocycles. The number of likely N-dealkylation sites (tertiary alicyclic amines) is 1. The van der Waals surface area contributed by atoms with Gasteiger partial charge in [0.1, 0.15) is 29.3 Å². The molecule has 0 spiro atoms. The van der Waals surface area contributed by atoms with Gasteiger partial charge in [0.2, 0.25) is 0 Å². The second-order valence-corrected chi connectivity index (χ2v) is 10.1. The van der Waals surface area contributed by atoms with E-state index >= 15 is 0 Å². The summed E-state index contributed by atoms with van der Waals surface area (Å²) in [6.45, 7) is 3.15. The normalized spacial score (nSPS) is 23.7. The number of aliphatic hydroxyl groups is 2. The highest BCUT2D eigenvalue weighted by Gasteiger charge is 2.47.